The first kappa shape index (κ1) is 7.34. The van der Waals surface area contributed by atoms with Crippen LogP contribution in [0.3, 0.4) is 0 Å². The van der Waals surface area contributed by atoms with Crippen molar-refractivity contribution >= 4 is 37.8 Å². The van der Waals surface area contributed by atoms with Crippen LogP contribution >= 0.6 is 11.6 Å². The first-order chi connectivity index (χ1) is 4.33. The number of halogens is 1. The van der Waals surface area contributed by atoms with Crippen LogP contribution in [0, 0.1) is 0 Å². The van der Waals surface area contributed by atoms with Gasteiger partial charge in [0.05, 0.1) is 0 Å². The summed E-state index contributed by atoms with van der Waals surface area (Å²) in [5.41, 5.74) is 0. The summed E-state index contributed by atoms with van der Waals surface area (Å²) >= 11 is 6.18. The van der Waals surface area contributed by atoms with Gasteiger partial charge in [0, 0.05) is 0 Å². The van der Waals surface area contributed by atoms with Gasteiger partial charge in [0.1, 0.15) is 0 Å². The van der Waals surface area contributed by atoms with E-state index in [0.717, 1.165) is 10.8 Å². The van der Waals surface area contributed by atoms with Crippen molar-refractivity contribution in [3.63, 3.8) is 0 Å². The number of benzene rings is 1. The SMILES string of the molecule is Clc1ccc([O][Tl])cc1. The molecule has 0 bridgehead atoms. The summed E-state index contributed by atoms with van der Waals surface area (Å²) in [6, 6.07) is 7.36. The fourth-order valence-corrected chi connectivity index (χ4v) is 1.25. The molecule has 0 aliphatic carbocycles. The molecule has 3 heteroatoms. The monoisotopic (exact) mass is 332 g/mol. The van der Waals surface area contributed by atoms with E-state index in [9.17, 15) is 0 Å². The second-order valence-corrected chi connectivity index (χ2v) is 2.92. The molecule has 1 rings (SSSR count). The van der Waals surface area contributed by atoms with Crippen molar-refractivity contribution in [3.05, 3.63) is 29.3 Å². The van der Waals surface area contributed by atoms with Gasteiger partial charge in [0.2, 0.25) is 0 Å². The van der Waals surface area contributed by atoms with Gasteiger partial charge in [-0.25, -0.2) is 0 Å². The van der Waals surface area contributed by atoms with Crippen molar-refractivity contribution in [1.82, 2.24) is 0 Å². The van der Waals surface area contributed by atoms with Gasteiger partial charge in [0.15, 0.2) is 0 Å². The molecule has 0 saturated carbocycles. The Morgan fingerprint density at radius 2 is 1.78 bits per heavy atom. The topological polar surface area (TPSA) is 9.23 Å². The third kappa shape index (κ3) is 2.14. The normalized spacial score (nSPS) is 8.89. The van der Waals surface area contributed by atoms with E-state index in [-0.39, 0.29) is 0 Å². The first-order valence-electron chi connectivity index (χ1n) is 2.45. The van der Waals surface area contributed by atoms with Crippen molar-refractivity contribution in [2.45, 2.75) is 0 Å². The van der Waals surface area contributed by atoms with E-state index < -0.39 is 0 Å². The van der Waals surface area contributed by atoms with Gasteiger partial charge in [-0.15, -0.1) is 0 Å². The number of hydrogen-bond donors (Lipinski definition) is 0. The predicted octanol–water partition coefficient (Wildman–Crippen LogP) is 1.80. The van der Waals surface area contributed by atoms with Gasteiger partial charge in [0.25, 0.3) is 0 Å². The minimum absolute atomic E-state index is 0.552. The van der Waals surface area contributed by atoms with Crippen molar-refractivity contribution in [1.29, 1.82) is 0 Å². The summed E-state index contributed by atoms with van der Waals surface area (Å²) in [7, 11) is 0. The Bertz CT molecular complexity index is 185. The van der Waals surface area contributed by atoms with Crippen LogP contribution in [-0.2, 0) is 0 Å². The van der Waals surface area contributed by atoms with E-state index in [4.69, 9.17) is 14.3 Å². The summed E-state index contributed by atoms with van der Waals surface area (Å²) in [5, 5.41) is 0.751. The third-order valence-corrected chi connectivity index (χ3v) is 2.26. The molecule has 0 atom stereocenters. The van der Waals surface area contributed by atoms with Crippen molar-refractivity contribution < 1.29 is 2.69 Å². The molecule has 1 nitrogen and oxygen atoms in total. The zero-order valence-electron chi connectivity index (χ0n) is 4.67. The third-order valence-electron chi connectivity index (χ3n) is 0.950. The molecule has 0 radical (unpaired) electrons. The zero-order valence-corrected chi connectivity index (χ0v) is 9.92. The Kier molecular flexibility index (Phi) is 2.78. The Balaban J connectivity index is 2.88. The molecule has 0 saturated heterocycles. The van der Waals surface area contributed by atoms with Crippen molar-refractivity contribution in [3.8, 4) is 5.75 Å². The van der Waals surface area contributed by atoms with E-state index in [1.807, 2.05) is 24.3 Å². The van der Waals surface area contributed by atoms with Crippen LogP contribution in [0.4, 0.5) is 0 Å². The molecule has 0 spiro atoms. The van der Waals surface area contributed by atoms with Gasteiger partial charge >= 0.3 is 75.5 Å². The molecule has 0 aliphatic heterocycles. The molecule has 0 aromatic heterocycles. The average Bonchev–Trinajstić information content (AvgIpc) is 1.90. The molecule has 0 heterocycles. The Labute approximate surface area is 75.3 Å². The second kappa shape index (κ2) is 3.41. The maximum absolute atomic E-state index is 5.63. The Morgan fingerprint density at radius 3 is 2.22 bits per heavy atom. The summed E-state index contributed by atoms with van der Waals surface area (Å²) in [6.07, 6.45) is 0. The van der Waals surface area contributed by atoms with Crippen LogP contribution in [-0.4, -0.2) is 26.2 Å². The molecule has 0 N–H and O–H groups in total. The standard InChI is InChI=1S/C6H5ClO.Tl/c7-5-1-3-6(8)4-2-5;/h1-4,8H;/q;+1/p-1. The molecule has 0 fully saturated rings. The summed E-state index contributed by atoms with van der Waals surface area (Å²) in [5.74, 6) is 0.907. The zero-order chi connectivity index (χ0) is 6.69. The fraction of sp³-hybridized carbons (Fsp3) is 0. The van der Waals surface area contributed by atoms with E-state index in [0.29, 0.717) is 26.2 Å². The molecule has 9 heavy (non-hydrogen) atoms. The van der Waals surface area contributed by atoms with Crippen molar-refractivity contribution in [2.75, 3.05) is 0 Å². The first-order valence-corrected chi connectivity index (χ1v) is 4.66. The Hall–Kier alpha value is 0.232. The second-order valence-electron chi connectivity index (χ2n) is 1.57. The molecule has 0 aliphatic rings. The molecule has 44 valence electrons. The van der Waals surface area contributed by atoms with Crippen LogP contribution in [0.1, 0.15) is 0 Å². The predicted molar refractivity (Wildman–Crippen MR) is 37.8 cm³/mol. The van der Waals surface area contributed by atoms with Crippen LogP contribution in [0.15, 0.2) is 24.3 Å². The number of rotatable bonds is 1. The van der Waals surface area contributed by atoms with Crippen LogP contribution in [0.5, 0.6) is 5.75 Å². The van der Waals surface area contributed by atoms with E-state index >= 15 is 0 Å². The minimum atomic E-state index is 0.552. The van der Waals surface area contributed by atoms with E-state index in [2.05, 4.69) is 0 Å². The summed E-state index contributed by atoms with van der Waals surface area (Å²) in [6.45, 7) is 0. The quantitative estimate of drug-likeness (QED) is 0.713. The van der Waals surface area contributed by atoms with Gasteiger partial charge in [-0.1, -0.05) is 0 Å². The average molecular weight is 332 g/mol. The fourth-order valence-electron chi connectivity index (χ4n) is 0.513. The van der Waals surface area contributed by atoms with Gasteiger partial charge in [-0.3, -0.25) is 0 Å². The van der Waals surface area contributed by atoms with Crippen LogP contribution in [0.2, 0.25) is 5.02 Å². The molecule has 0 amide bonds. The molecule has 0 unspecified atom stereocenters. The molecule has 1 aromatic carbocycles. The van der Waals surface area contributed by atoms with Crippen molar-refractivity contribution in [2.24, 2.45) is 0 Å². The summed E-state index contributed by atoms with van der Waals surface area (Å²) < 4.78 is 5.08. The van der Waals surface area contributed by atoms with Gasteiger partial charge < -0.3 is 0 Å². The van der Waals surface area contributed by atoms with Crippen LogP contribution < -0.4 is 2.69 Å². The van der Waals surface area contributed by atoms with Gasteiger partial charge in [-0.05, 0) is 0 Å². The maximum atomic E-state index is 5.63. The van der Waals surface area contributed by atoms with Crippen LogP contribution in [0.25, 0.3) is 0 Å². The van der Waals surface area contributed by atoms with E-state index in [1.165, 1.54) is 0 Å². The number of hydrogen-bond acceptors (Lipinski definition) is 1. The molecular weight excluding hydrogens is 328 g/mol. The summed E-state index contributed by atoms with van der Waals surface area (Å²) in [4.78, 5) is 0. The van der Waals surface area contributed by atoms with E-state index in [1.54, 1.807) is 0 Å². The Morgan fingerprint density at radius 1 is 1.22 bits per heavy atom. The van der Waals surface area contributed by atoms with Gasteiger partial charge in [-0.2, -0.15) is 0 Å². The molecule has 1 aromatic rings. The molecular formula is C6H4ClOTl.